The normalized spacial score (nSPS) is 40.3. The van der Waals surface area contributed by atoms with E-state index in [1.807, 2.05) is 0 Å². The molecule has 0 aromatic rings. The van der Waals surface area contributed by atoms with Crippen molar-refractivity contribution in [1.82, 2.24) is 0 Å². The Kier molecular flexibility index (Phi) is 7.17. The molecular formula is C13H23B2O7P. The molecule has 4 radical (unpaired) electrons. The molecule has 2 saturated heterocycles. The molecule has 0 N–H and O–H groups in total. The first kappa shape index (κ1) is 19.4. The molecule has 7 atom stereocenters. The van der Waals surface area contributed by atoms with Crippen LogP contribution in [0.4, 0.5) is 0 Å². The topological polar surface area (TPSA) is 72.5 Å². The van der Waals surface area contributed by atoms with Crippen molar-refractivity contribution in [3.8, 4) is 0 Å². The lowest BCUT2D eigenvalue weighted by molar-refractivity contribution is -0.0289. The molecule has 0 aliphatic carbocycles. The van der Waals surface area contributed by atoms with Crippen molar-refractivity contribution in [3.63, 3.8) is 0 Å². The van der Waals surface area contributed by atoms with Gasteiger partial charge < -0.3 is 28.0 Å². The molecule has 0 bridgehead atoms. The molecule has 5 unspecified atom stereocenters. The first-order chi connectivity index (χ1) is 10.8. The van der Waals surface area contributed by atoms with E-state index in [1.54, 1.807) is 14.2 Å². The second kappa shape index (κ2) is 8.48. The van der Waals surface area contributed by atoms with E-state index in [2.05, 4.69) is 0 Å². The summed E-state index contributed by atoms with van der Waals surface area (Å²) in [5.41, 5.74) is 0. The van der Waals surface area contributed by atoms with Crippen LogP contribution in [0.2, 0.25) is 0 Å². The maximum atomic E-state index is 12.4. The van der Waals surface area contributed by atoms with Gasteiger partial charge in [-0.2, -0.15) is 0 Å². The summed E-state index contributed by atoms with van der Waals surface area (Å²) in [5, 5.41) is 0. The van der Waals surface area contributed by atoms with Gasteiger partial charge >= 0.3 is 7.60 Å². The Labute approximate surface area is 140 Å². The summed E-state index contributed by atoms with van der Waals surface area (Å²) >= 11 is 0. The van der Waals surface area contributed by atoms with Gasteiger partial charge in [-0.15, -0.1) is 0 Å². The third-order valence-corrected chi connectivity index (χ3v) is 5.25. The van der Waals surface area contributed by atoms with Gasteiger partial charge in [0, 0.05) is 32.9 Å². The van der Waals surface area contributed by atoms with E-state index >= 15 is 0 Å². The molecule has 23 heavy (non-hydrogen) atoms. The van der Waals surface area contributed by atoms with Gasteiger partial charge in [0.1, 0.15) is 27.9 Å². The molecule has 0 saturated carbocycles. The van der Waals surface area contributed by atoms with Gasteiger partial charge in [-0.3, -0.25) is 4.57 Å². The minimum Gasteiger partial charge on any atom is -0.380 e. The quantitative estimate of drug-likeness (QED) is 0.467. The summed E-state index contributed by atoms with van der Waals surface area (Å²) in [5.74, 6) is 0. The Hall–Kier alpha value is 0.120. The van der Waals surface area contributed by atoms with Crippen LogP contribution >= 0.6 is 7.60 Å². The standard InChI is InChI=1S/C13H23B2O7P/c1-17-8-4-12(14)21-10(8)6-19-23(3,16)20-7-11-9(18-2)5-13(15)22-11/h8-13H,4-7H2,1-3H3/t8?,9?,10-,11?,12-,13?,23?/m1/s1. The second-order valence-electron chi connectivity index (χ2n) is 5.81. The van der Waals surface area contributed by atoms with Crippen LogP contribution in [0, 0.1) is 0 Å². The Bertz CT molecular complexity index is 393. The molecular weight excluding hydrogens is 321 g/mol. The Morgan fingerprint density at radius 3 is 1.70 bits per heavy atom. The predicted octanol–water partition coefficient (Wildman–Crippen LogP) is 0.439. The third-order valence-electron chi connectivity index (χ3n) is 4.01. The van der Waals surface area contributed by atoms with E-state index in [9.17, 15) is 4.57 Å². The molecule has 2 aliphatic rings. The van der Waals surface area contributed by atoms with Crippen molar-refractivity contribution in [3.05, 3.63) is 0 Å². The van der Waals surface area contributed by atoms with Crippen molar-refractivity contribution in [2.75, 3.05) is 34.1 Å². The summed E-state index contributed by atoms with van der Waals surface area (Å²) in [6.07, 6.45) is 0.0494. The predicted molar refractivity (Wildman–Crippen MR) is 85.1 cm³/mol. The van der Waals surface area contributed by atoms with Crippen LogP contribution < -0.4 is 0 Å². The highest BCUT2D eigenvalue weighted by Gasteiger charge is 2.36. The lowest BCUT2D eigenvalue weighted by Gasteiger charge is -2.22. The summed E-state index contributed by atoms with van der Waals surface area (Å²) in [7, 11) is 11.3. The molecule has 2 rings (SSSR count). The average molecular weight is 344 g/mol. The van der Waals surface area contributed by atoms with Crippen molar-refractivity contribution < 1.29 is 32.6 Å². The van der Waals surface area contributed by atoms with Crippen LogP contribution in [0.5, 0.6) is 0 Å². The third kappa shape index (κ3) is 5.56. The number of methoxy groups -OCH3 is 2. The average Bonchev–Trinajstić information content (AvgIpc) is 3.05. The number of rotatable bonds is 8. The van der Waals surface area contributed by atoms with Crippen LogP contribution in [0.25, 0.3) is 0 Å². The van der Waals surface area contributed by atoms with Crippen molar-refractivity contribution in [2.45, 2.75) is 49.3 Å². The fraction of sp³-hybridized carbons (Fsp3) is 1.00. The van der Waals surface area contributed by atoms with E-state index in [-0.39, 0.29) is 37.6 Å². The minimum atomic E-state index is -3.26. The highest BCUT2D eigenvalue weighted by atomic mass is 31.2. The van der Waals surface area contributed by atoms with E-state index in [0.717, 1.165) is 0 Å². The van der Waals surface area contributed by atoms with Gasteiger partial charge in [0.2, 0.25) is 0 Å². The summed E-state index contributed by atoms with van der Waals surface area (Å²) in [4.78, 5) is 0. The van der Waals surface area contributed by atoms with Crippen molar-refractivity contribution in [1.29, 1.82) is 0 Å². The van der Waals surface area contributed by atoms with Gasteiger partial charge in [-0.25, -0.2) is 0 Å². The molecule has 0 amide bonds. The SMILES string of the molecule is [B]C1CC(OC)C(COP(C)(=O)OC[C@H]2O[C@@H]([B])CC2OC)O1. The van der Waals surface area contributed by atoms with E-state index < -0.39 is 19.6 Å². The molecule has 7 nitrogen and oxygen atoms in total. The number of ether oxygens (including phenoxy) is 4. The maximum absolute atomic E-state index is 12.4. The molecule has 128 valence electrons. The fourth-order valence-corrected chi connectivity index (χ4v) is 3.65. The largest absolute Gasteiger partial charge is 0.380 e. The second-order valence-corrected chi connectivity index (χ2v) is 7.87. The highest BCUT2D eigenvalue weighted by molar-refractivity contribution is 7.52. The van der Waals surface area contributed by atoms with E-state index in [1.165, 1.54) is 6.66 Å². The zero-order valence-electron chi connectivity index (χ0n) is 13.8. The van der Waals surface area contributed by atoms with E-state index in [4.69, 9.17) is 43.7 Å². The Morgan fingerprint density at radius 2 is 1.35 bits per heavy atom. The molecule has 2 fully saturated rings. The minimum absolute atomic E-state index is 0.0821. The van der Waals surface area contributed by atoms with Crippen LogP contribution in [0.15, 0.2) is 0 Å². The van der Waals surface area contributed by atoms with Gasteiger partial charge in [0.25, 0.3) is 0 Å². The molecule has 10 heteroatoms. The maximum Gasteiger partial charge on any atom is 0.327 e. The van der Waals surface area contributed by atoms with Crippen LogP contribution in [-0.4, -0.2) is 86.2 Å². The summed E-state index contributed by atoms with van der Waals surface area (Å²) in [6.45, 7) is 1.57. The zero-order valence-corrected chi connectivity index (χ0v) is 14.6. The van der Waals surface area contributed by atoms with Gasteiger partial charge in [-0.1, -0.05) is 0 Å². The van der Waals surface area contributed by atoms with E-state index in [0.29, 0.717) is 12.8 Å². The monoisotopic (exact) mass is 344 g/mol. The summed E-state index contributed by atoms with van der Waals surface area (Å²) < 4.78 is 44.7. The molecule has 0 aromatic carbocycles. The van der Waals surface area contributed by atoms with Gasteiger partial charge in [0.05, 0.1) is 25.4 Å². The smallest absolute Gasteiger partial charge is 0.327 e. The summed E-state index contributed by atoms with van der Waals surface area (Å²) in [6, 6.07) is -0.803. The molecule has 0 spiro atoms. The van der Waals surface area contributed by atoms with Gasteiger partial charge in [-0.05, 0) is 12.8 Å². The first-order valence-electron chi connectivity index (χ1n) is 7.59. The van der Waals surface area contributed by atoms with Crippen LogP contribution in [0.1, 0.15) is 12.8 Å². The Morgan fingerprint density at radius 1 is 0.957 bits per heavy atom. The zero-order chi connectivity index (χ0) is 17.0. The Balaban J connectivity index is 1.77. The lowest BCUT2D eigenvalue weighted by atomic mass is 9.96. The molecule has 2 heterocycles. The fourth-order valence-electron chi connectivity index (χ4n) is 2.74. The van der Waals surface area contributed by atoms with Crippen LogP contribution in [0.3, 0.4) is 0 Å². The number of hydrogen-bond donors (Lipinski definition) is 0. The first-order valence-corrected chi connectivity index (χ1v) is 9.58. The molecule has 2 aliphatic heterocycles. The molecule has 0 aromatic heterocycles. The number of hydrogen-bond acceptors (Lipinski definition) is 7. The van der Waals surface area contributed by atoms with Gasteiger partial charge in [0.15, 0.2) is 0 Å². The lowest BCUT2D eigenvalue weighted by Crippen LogP contribution is -2.29. The van der Waals surface area contributed by atoms with Crippen molar-refractivity contribution in [2.24, 2.45) is 0 Å². The van der Waals surface area contributed by atoms with Crippen molar-refractivity contribution >= 4 is 23.3 Å². The van der Waals surface area contributed by atoms with Crippen LogP contribution in [-0.2, 0) is 32.6 Å². The highest BCUT2D eigenvalue weighted by Crippen LogP contribution is 2.45.